The number of H-pyrrole nitrogens is 1. The fourth-order valence-electron chi connectivity index (χ4n) is 3.19. The minimum absolute atomic E-state index is 0.0755. The highest BCUT2D eigenvalue weighted by Gasteiger charge is 2.26. The number of carbonyl (C=O) groups is 1. The lowest BCUT2D eigenvalue weighted by molar-refractivity contribution is -0.113. The number of aromatic amines is 1. The third-order valence-electron chi connectivity index (χ3n) is 5.08. The number of sulfone groups is 1. The van der Waals surface area contributed by atoms with Gasteiger partial charge in [0.2, 0.25) is 15.7 Å². The molecule has 0 fully saturated rings. The molecule has 0 saturated heterocycles. The van der Waals surface area contributed by atoms with E-state index in [2.05, 4.69) is 15.3 Å². The van der Waals surface area contributed by atoms with Crippen LogP contribution in [0.25, 0.3) is 11.4 Å². The predicted molar refractivity (Wildman–Crippen MR) is 131 cm³/mol. The van der Waals surface area contributed by atoms with Crippen LogP contribution in [0.3, 0.4) is 0 Å². The lowest BCUT2D eigenvalue weighted by Crippen LogP contribution is -2.14. The topological polar surface area (TPSA) is 91.9 Å². The number of benzene rings is 3. The summed E-state index contributed by atoms with van der Waals surface area (Å²) in [6.07, 6.45) is 0. The standard InChI is InChI=1S/C25H22FN3O3S2/c1-16-8-11-18(12-9-16)23-28-24(25(29-23)34(31,32)20-6-4-3-5-7-20)33-15-22(30)27-19-13-10-17(2)21(26)14-19/h3-14H,15H2,1-2H3,(H,27,30)(H,28,29). The molecule has 3 aromatic carbocycles. The van der Waals surface area contributed by atoms with Gasteiger partial charge in [0.05, 0.1) is 10.6 Å². The first-order chi connectivity index (χ1) is 16.2. The average molecular weight is 496 g/mol. The van der Waals surface area contributed by atoms with E-state index >= 15 is 0 Å². The summed E-state index contributed by atoms with van der Waals surface area (Å²) in [5, 5.41) is 2.74. The number of anilines is 1. The Morgan fingerprint density at radius 1 is 1.03 bits per heavy atom. The number of hydrogen-bond acceptors (Lipinski definition) is 5. The number of aromatic nitrogens is 2. The molecule has 174 valence electrons. The van der Waals surface area contributed by atoms with Crippen LogP contribution >= 0.6 is 11.8 Å². The fourth-order valence-corrected chi connectivity index (χ4v) is 5.63. The molecule has 0 unspecified atom stereocenters. The Morgan fingerprint density at radius 2 is 1.74 bits per heavy atom. The first-order valence-electron chi connectivity index (χ1n) is 10.4. The van der Waals surface area contributed by atoms with Crippen LogP contribution in [-0.2, 0) is 14.6 Å². The normalized spacial score (nSPS) is 11.4. The predicted octanol–water partition coefficient (Wildman–Crippen LogP) is 5.40. The Balaban J connectivity index is 1.62. The number of imidazole rings is 1. The van der Waals surface area contributed by atoms with Gasteiger partial charge < -0.3 is 10.3 Å². The van der Waals surface area contributed by atoms with Crippen LogP contribution in [0.1, 0.15) is 11.1 Å². The summed E-state index contributed by atoms with van der Waals surface area (Å²) < 4.78 is 40.4. The number of thioether (sulfide) groups is 1. The molecule has 2 N–H and O–H groups in total. The lowest BCUT2D eigenvalue weighted by Gasteiger charge is -2.07. The monoisotopic (exact) mass is 495 g/mol. The number of carbonyl (C=O) groups excluding carboxylic acids is 1. The van der Waals surface area contributed by atoms with Crippen molar-refractivity contribution in [3.63, 3.8) is 0 Å². The number of amides is 1. The molecular weight excluding hydrogens is 473 g/mol. The van der Waals surface area contributed by atoms with Gasteiger partial charge in [0.15, 0.2) is 5.03 Å². The third-order valence-corrected chi connectivity index (χ3v) is 7.91. The highest BCUT2D eigenvalue weighted by molar-refractivity contribution is 8.00. The second-order valence-electron chi connectivity index (χ2n) is 7.70. The van der Waals surface area contributed by atoms with E-state index in [1.807, 2.05) is 31.2 Å². The molecule has 1 heterocycles. The van der Waals surface area contributed by atoms with E-state index in [0.717, 1.165) is 22.9 Å². The van der Waals surface area contributed by atoms with Crippen LogP contribution in [0.5, 0.6) is 0 Å². The average Bonchev–Trinajstić information content (AvgIpc) is 3.26. The minimum atomic E-state index is -3.90. The zero-order valence-electron chi connectivity index (χ0n) is 18.5. The quantitative estimate of drug-likeness (QED) is 0.335. The summed E-state index contributed by atoms with van der Waals surface area (Å²) in [6.45, 7) is 3.59. The van der Waals surface area contributed by atoms with E-state index in [9.17, 15) is 17.6 Å². The van der Waals surface area contributed by atoms with Gasteiger partial charge in [0.25, 0.3) is 0 Å². The van der Waals surface area contributed by atoms with Crippen molar-refractivity contribution < 1.29 is 17.6 Å². The van der Waals surface area contributed by atoms with Crippen molar-refractivity contribution in [2.24, 2.45) is 0 Å². The van der Waals surface area contributed by atoms with Gasteiger partial charge in [-0.15, -0.1) is 0 Å². The molecule has 0 radical (unpaired) electrons. The smallest absolute Gasteiger partial charge is 0.234 e. The molecule has 0 aliphatic rings. The Bertz CT molecular complexity index is 1430. The zero-order chi connectivity index (χ0) is 24.3. The minimum Gasteiger partial charge on any atom is -0.328 e. The lowest BCUT2D eigenvalue weighted by atomic mass is 10.1. The van der Waals surface area contributed by atoms with E-state index in [4.69, 9.17) is 0 Å². The molecule has 9 heteroatoms. The van der Waals surface area contributed by atoms with Gasteiger partial charge in [-0.05, 0) is 43.7 Å². The number of aryl methyl sites for hydroxylation is 2. The van der Waals surface area contributed by atoms with Gasteiger partial charge in [0.1, 0.15) is 16.7 Å². The molecule has 0 spiro atoms. The van der Waals surface area contributed by atoms with Crippen LogP contribution in [-0.4, -0.2) is 30.0 Å². The molecule has 0 aliphatic carbocycles. The summed E-state index contributed by atoms with van der Waals surface area (Å²) in [5.41, 5.74) is 2.59. The summed E-state index contributed by atoms with van der Waals surface area (Å²) in [4.78, 5) is 20.0. The van der Waals surface area contributed by atoms with E-state index in [1.54, 1.807) is 37.3 Å². The number of halogens is 1. The van der Waals surface area contributed by atoms with Gasteiger partial charge in [-0.3, -0.25) is 4.79 Å². The van der Waals surface area contributed by atoms with Crippen LogP contribution in [0, 0.1) is 19.7 Å². The maximum atomic E-state index is 13.8. The van der Waals surface area contributed by atoms with Crippen LogP contribution in [0.2, 0.25) is 0 Å². The summed E-state index contributed by atoms with van der Waals surface area (Å²) in [7, 11) is -3.90. The number of nitrogens with one attached hydrogen (secondary N) is 2. The molecule has 0 atom stereocenters. The zero-order valence-corrected chi connectivity index (χ0v) is 20.1. The number of hydrogen-bond donors (Lipinski definition) is 2. The number of rotatable bonds is 7. The fraction of sp³-hybridized carbons (Fsp3) is 0.120. The Labute approximate surface area is 201 Å². The first kappa shape index (κ1) is 23.7. The molecule has 0 saturated carbocycles. The van der Waals surface area contributed by atoms with E-state index in [0.29, 0.717) is 17.1 Å². The summed E-state index contributed by atoms with van der Waals surface area (Å²) >= 11 is 0.995. The first-order valence-corrected chi connectivity index (χ1v) is 12.9. The van der Waals surface area contributed by atoms with Crippen molar-refractivity contribution in [3.05, 3.63) is 89.7 Å². The van der Waals surface area contributed by atoms with E-state index in [1.165, 1.54) is 18.2 Å². The second-order valence-corrected chi connectivity index (χ2v) is 10.6. The van der Waals surface area contributed by atoms with Crippen LogP contribution in [0.4, 0.5) is 10.1 Å². The van der Waals surface area contributed by atoms with Crippen molar-refractivity contribution in [3.8, 4) is 11.4 Å². The van der Waals surface area contributed by atoms with Crippen molar-refractivity contribution >= 4 is 33.2 Å². The van der Waals surface area contributed by atoms with Gasteiger partial charge in [0, 0.05) is 11.3 Å². The van der Waals surface area contributed by atoms with E-state index in [-0.39, 0.29) is 20.7 Å². The maximum absolute atomic E-state index is 13.8. The third kappa shape index (κ3) is 5.21. The molecule has 1 amide bonds. The summed E-state index contributed by atoms with van der Waals surface area (Å²) in [5.74, 6) is -0.545. The molecule has 0 aliphatic heterocycles. The van der Waals surface area contributed by atoms with Crippen molar-refractivity contribution in [1.82, 2.24) is 9.97 Å². The van der Waals surface area contributed by atoms with Crippen molar-refractivity contribution in [1.29, 1.82) is 0 Å². The van der Waals surface area contributed by atoms with Gasteiger partial charge in [-0.25, -0.2) is 17.8 Å². The van der Waals surface area contributed by atoms with Crippen molar-refractivity contribution in [2.75, 3.05) is 11.1 Å². The van der Waals surface area contributed by atoms with Gasteiger partial charge in [-0.2, -0.15) is 0 Å². The Morgan fingerprint density at radius 3 is 2.41 bits per heavy atom. The van der Waals surface area contributed by atoms with Crippen LogP contribution in [0.15, 0.2) is 87.7 Å². The SMILES string of the molecule is Cc1ccc(-c2nc(SCC(=O)Nc3ccc(C)c(F)c3)c(S(=O)(=O)c3ccccc3)[nH]2)cc1. The summed E-state index contributed by atoms with van der Waals surface area (Å²) in [6, 6.07) is 20.0. The molecule has 1 aromatic heterocycles. The molecule has 34 heavy (non-hydrogen) atoms. The van der Waals surface area contributed by atoms with Gasteiger partial charge >= 0.3 is 0 Å². The Hall–Kier alpha value is -3.43. The van der Waals surface area contributed by atoms with Crippen LogP contribution < -0.4 is 5.32 Å². The molecule has 6 nitrogen and oxygen atoms in total. The van der Waals surface area contributed by atoms with Crippen molar-refractivity contribution in [2.45, 2.75) is 28.8 Å². The molecule has 4 aromatic rings. The highest BCUT2D eigenvalue weighted by atomic mass is 32.2. The Kier molecular flexibility index (Phi) is 6.85. The second kappa shape index (κ2) is 9.82. The number of nitrogens with zero attached hydrogens (tertiary/aromatic N) is 1. The molecular formula is C25H22FN3O3S2. The molecule has 0 bridgehead atoms. The highest BCUT2D eigenvalue weighted by Crippen LogP contribution is 2.32. The van der Waals surface area contributed by atoms with E-state index < -0.39 is 21.6 Å². The largest absolute Gasteiger partial charge is 0.328 e. The molecule has 4 rings (SSSR count). The van der Waals surface area contributed by atoms with Gasteiger partial charge in [-0.1, -0.05) is 65.9 Å². The maximum Gasteiger partial charge on any atom is 0.234 e.